The molecule has 2 heterocycles. The highest BCUT2D eigenvalue weighted by Crippen LogP contribution is 2.27. The van der Waals surface area contributed by atoms with Crippen LogP contribution in [0.5, 0.6) is 0 Å². The van der Waals surface area contributed by atoms with E-state index in [9.17, 15) is 0 Å². The van der Waals surface area contributed by atoms with Crippen molar-refractivity contribution in [3.8, 4) is 0 Å². The summed E-state index contributed by atoms with van der Waals surface area (Å²) in [4.78, 5) is 3.98. The quantitative estimate of drug-likeness (QED) is 0.913. The van der Waals surface area contributed by atoms with Crippen LogP contribution in [0.25, 0.3) is 0 Å². The normalized spacial score (nSPS) is 19.9. The fraction of sp³-hybridized carbons (Fsp3) is 0.667. The maximum absolute atomic E-state index is 5.95. The van der Waals surface area contributed by atoms with E-state index in [1.807, 2.05) is 11.3 Å². The van der Waals surface area contributed by atoms with Crippen molar-refractivity contribution < 1.29 is 0 Å². The lowest BCUT2D eigenvalue weighted by atomic mass is 9.91. The summed E-state index contributed by atoms with van der Waals surface area (Å²) in [6.45, 7) is 5.60. The summed E-state index contributed by atoms with van der Waals surface area (Å²) < 4.78 is 1.26. The molecule has 1 aromatic heterocycles. The topological polar surface area (TPSA) is 29.3 Å². The Hall–Kier alpha value is 0.390. The van der Waals surface area contributed by atoms with Crippen LogP contribution in [0, 0.1) is 5.92 Å². The van der Waals surface area contributed by atoms with Crippen LogP contribution in [0.15, 0.2) is 15.9 Å². The molecule has 2 rings (SSSR count). The molecule has 98 valence electrons. The van der Waals surface area contributed by atoms with Gasteiger partial charge in [-0.15, -0.1) is 23.7 Å². The summed E-state index contributed by atoms with van der Waals surface area (Å²) in [5.74, 6) is 0.725. The van der Waals surface area contributed by atoms with E-state index < -0.39 is 0 Å². The highest BCUT2D eigenvalue weighted by Gasteiger charge is 2.22. The Morgan fingerprint density at radius 2 is 2.18 bits per heavy atom. The molecule has 1 unspecified atom stereocenters. The van der Waals surface area contributed by atoms with Crippen LogP contribution < -0.4 is 5.73 Å². The number of hydrogen-bond donors (Lipinski definition) is 1. The molecule has 0 amide bonds. The van der Waals surface area contributed by atoms with Gasteiger partial charge in [0.25, 0.3) is 0 Å². The maximum atomic E-state index is 5.95. The van der Waals surface area contributed by atoms with Gasteiger partial charge in [-0.3, -0.25) is 4.90 Å². The molecule has 1 saturated heterocycles. The first-order chi connectivity index (χ1) is 7.66. The van der Waals surface area contributed by atoms with Crippen molar-refractivity contribution in [3.63, 3.8) is 0 Å². The number of hydrogen-bond acceptors (Lipinski definition) is 3. The molecule has 2 N–H and O–H groups in total. The molecule has 2 nitrogen and oxygen atoms in total. The van der Waals surface area contributed by atoms with Crippen LogP contribution in [0.4, 0.5) is 0 Å². The number of nitrogens with zero attached hydrogens (tertiary/aromatic N) is 1. The van der Waals surface area contributed by atoms with Gasteiger partial charge < -0.3 is 5.73 Å². The number of rotatable bonds is 3. The second-order valence-corrected chi connectivity index (χ2v) is 6.52. The van der Waals surface area contributed by atoms with Crippen LogP contribution in [0.2, 0.25) is 0 Å². The van der Waals surface area contributed by atoms with Gasteiger partial charge in [0, 0.05) is 21.9 Å². The number of thiophene rings is 1. The third-order valence-corrected chi connectivity index (χ3v) is 5.35. The van der Waals surface area contributed by atoms with Crippen LogP contribution in [-0.2, 0) is 6.54 Å². The van der Waals surface area contributed by atoms with Gasteiger partial charge in [-0.05, 0) is 66.1 Å². The molecule has 1 aliphatic rings. The first-order valence-corrected chi connectivity index (χ1v) is 7.54. The van der Waals surface area contributed by atoms with Crippen LogP contribution in [-0.4, -0.2) is 24.0 Å². The fourth-order valence-electron chi connectivity index (χ4n) is 2.28. The highest BCUT2D eigenvalue weighted by atomic mass is 79.9. The van der Waals surface area contributed by atoms with Gasteiger partial charge in [0.1, 0.15) is 0 Å². The molecule has 1 atom stereocenters. The number of halogens is 2. The van der Waals surface area contributed by atoms with E-state index in [0.29, 0.717) is 6.04 Å². The van der Waals surface area contributed by atoms with E-state index in [1.165, 1.54) is 35.3 Å². The molecule has 0 aromatic carbocycles. The van der Waals surface area contributed by atoms with Gasteiger partial charge in [0.15, 0.2) is 0 Å². The first kappa shape index (κ1) is 15.4. The molecule has 0 saturated carbocycles. The van der Waals surface area contributed by atoms with Crippen molar-refractivity contribution in [2.24, 2.45) is 11.7 Å². The van der Waals surface area contributed by atoms with E-state index in [2.05, 4.69) is 39.2 Å². The smallest absolute Gasteiger partial charge is 0.0339 e. The molecule has 0 radical (unpaired) electrons. The molecule has 0 aliphatic carbocycles. The van der Waals surface area contributed by atoms with E-state index in [0.717, 1.165) is 12.5 Å². The van der Waals surface area contributed by atoms with Crippen LogP contribution >= 0.6 is 39.7 Å². The third-order valence-electron chi connectivity index (χ3n) is 3.43. The lowest BCUT2D eigenvalue weighted by Crippen LogP contribution is -2.39. The molecular weight excluding hydrogens is 320 g/mol. The standard InChI is InChI=1S/C12H19BrN2S.ClH/c1-9(14)10-2-5-15(6-3-10)8-12-11(13)4-7-16-12;/h4,7,9-10H,2-3,5-6,8,14H2,1H3;1H. The van der Waals surface area contributed by atoms with Crippen molar-refractivity contribution >= 4 is 39.7 Å². The number of nitrogens with two attached hydrogens (primary N) is 1. The minimum absolute atomic E-state index is 0. The number of piperidine rings is 1. The minimum atomic E-state index is 0. The van der Waals surface area contributed by atoms with E-state index in [1.54, 1.807) is 0 Å². The van der Waals surface area contributed by atoms with Crippen LogP contribution in [0.3, 0.4) is 0 Å². The summed E-state index contributed by atoms with van der Waals surface area (Å²) in [6, 6.07) is 2.49. The molecule has 1 aliphatic heterocycles. The van der Waals surface area contributed by atoms with E-state index >= 15 is 0 Å². The Labute approximate surface area is 122 Å². The molecule has 0 spiro atoms. The average Bonchev–Trinajstić information content (AvgIpc) is 2.65. The predicted octanol–water partition coefficient (Wildman–Crippen LogP) is 3.49. The Morgan fingerprint density at radius 1 is 1.53 bits per heavy atom. The molecule has 17 heavy (non-hydrogen) atoms. The van der Waals surface area contributed by atoms with Gasteiger partial charge in [0.05, 0.1) is 0 Å². The Morgan fingerprint density at radius 3 is 2.65 bits per heavy atom. The molecule has 1 fully saturated rings. The van der Waals surface area contributed by atoms with Gasteiger partial charge >= 0.3 is 0 Å². The number of likely N-dealkylation sites (tertiary alicyclic amines) is 1. The van der Waals surface area contributed by atoms with Crippen molar-refractivity contribution in [1.82, 2.24) is 4.90 Å². The van der Waals surface area contributed by atoms with Crippen molar-refractivity contribution in [2.75, 3.05) is 13.1 Å². The van der Waals surface area contributed by atoms with Crippen LogP contribution in [0.1, 0.15) is 24.6 Å². The lowest BCUT2D eigenvalue weighted by molar-refractivity contribution is 0.166. The zero-order chi connectivity index (χ0) is 11.5. The summed E-state index contributed by atoms with van der Waals surface area (Å²) in [7, 11) is 0. The molecule has 5 heteroatoms. The highest BCUT2D eigenvalue weighted by molar-refractivity contribution is 9.10. The van der Waals surface area contributed by atoms with E-state index in [-0.39, 0.29) is 12.4 Å². The monoisotopic (exact) mass is 338 g/mol. The second-order valence-electron chi connectivity index (χ2n) is 4.66. The molecule has 0 bridgehead atoms. The Bertz CT molecular complexity index is 335. The average molecular weight is 340 g/mol. The SMILES string of the molecule is CC(N)C1CCN(Cc2sccc2Br)CC1.Cl. The molecular formula is C12H20BrClN2S. The Kier molecular flexibility index (Phi) is 6.45. The maximum Gasteiger partial charge on any atom is 0.0339 e. The summed E-state index contributed by atoms with van der Waals surface area (Å²) in [6.07, 6.45) is 2.50. The van der Waals surface area contributed by atoms with Gasteiger partial charge in [-0.1, -0.05) is 0 Å². The van der Waals surface area contributed by atoms with Gasteiger partial charge in [0.2, 0.25) is 0 Å². The summed E-state index contributed by atoms with van der Waals surface area (Å²) >= 11 is 5.43. The largest absolute Gasteiger partial charge is 0.328 e. The predicted molar refractivity (Wildman–Crippen MR) is 80.9 cm³/mol. The minimum Gasteiger partial charge on any atom is -0.328 e. The summed E-state index contributed by atoms with van der Waals surface area (Å²) in [5, 5.41) is 2.15. The first-order valence-electron chi connectivity index (χ1n) is 5.86. The van der Waals surface area contributed by atoms with Crippen molar-refractivity contribution in [1.29, 1.82) is 0 Å². The van der Waals surface area contributed by atoms with Gasteiger partial charge in [-0.2, -0.15) is 0 Å². The fourth-order valence-corrected chi connectivity index (χ4v) is 3.80. The summed E-state index contributed by atoms with van der Waals surface area (Å²) in [5.41, 5.74) is 5.95. The van der Waals surface area contributed by atoms with Crippen molar-refractivity contribution in [2.45, 2.75) is 32.4 Å². The molecule has 1 aromatic rings. The van der Waals surface area contributed by atoms with Crippen molar-refractivity contribution in [3.05, 3.63) is 20.8 Å². The second kappa shape index (κ2) is 7.10. The Balaban J connectivity index is 0.00000144. The van der Waals surface area contributed by atoms with Gasteiger partial charge in [-0.25, -0.2) is 0 Å². The zero-order valence-electron chi connectivity index (χ0n) is 10.1. The van der Waals surface area contributed by atoms with E-state index in [4.69, 9.17) is 5.73 Å². The zero-order valence-corrected chi connectivity index (χ0v) is 13.3. The lowest BCUT2D eigenvalue weighted by Gasteiger charge is -2.33. The third kappa shape index (κ3) is 4.21.